The summed E-state index contributed by atoms with van der Waals surface area (Å²) in [6.07, 6.45) is -20.7. The molecule has 10 rings (SSSR count). The minimum atomic E-state index is -1.89. The van der Waals surface area contributed by atoms with Crippen LogP contribution in [-0.2, 0) is 42.7 Å². The Labute approximate surface area is 448 Å². The molecule has 77 heavy (non-hydrogen) atoms. The summed E-state index contributed by atoms with van der Waals surface area (Å²) in [5.74, 6) is -0.900. The van der Waals surface area contributed by atoms with E-state index in [9.17, 15) is 65.8 Å². The highest BCUT2D eigenvalue weighted by Gasteiger charge is 2.86. The number of esters is 1. The Morgan fingerprint density at radius 1 is 0.701 bits per heavy atom. The Morgan fingerprint density at radius 3 is 1.95 bits per heavy atom. The Bertz CT molecular complexity index is 2330. The molecule has 1 aromatic rings. The zero-order chi connectivity index (χ0) is 55.7. The highest BCUT2D eigenvalue weighted by atomic mass is 16.8. The number of rotatable bonds is 13. The molecule has 9 aliphatic rings. The third-order valence-electron chi connectivity index (χ3n) is 22.1. The predicted octanol–water partition coefficient (Wildman–Crippen LogP) is -0.509. The quantitative estimate of drug-likeness (QED) is 0.0512. The largest absolute Gasteiger partial charge is 0.458 e. The number of aliphatic hydroxyl groups is 11. The van der Waals surface area contributed by atoms with E-state index < -0.39 is 168 Å². The van der Waals surface area contributed by atoms with Crippen molar-refractivity contribution in [3.05, 3.63) is 29.8 Å². The Kier molecular flexibility index (Phi) is 15.3. The summed E-state index contributed by atoms with van der Waals surface area (Å²) < 4.78 is 50.0. The van der Waals surface area contributed by atoms with Crippen molar-refractivity contribution in [2.45, 2.75) is 209 Å². The molecule has 5 saturated carbocycles. The molecule has 12 N–H and O–H groups in total. The molecule has 434 valence electrons. The van der Waals surface area contributed by atoms with E-state index in [0.29, 0.717) is 56.2 Å². The van der Waals surface area contributed by atoms with Crippen LogP contribution in [-0.4, -0.2) is 218 Å². The molecule has 22 heteroatoms. The molecule has 9 fully saturated rings. The Balaban J connectivity index is 0.899. The first-order valence-electron chi connectivity index (χ1n) is 27.6. The second-order valence-electron chi connectivity index (χ2n) is 25.7. The number of carbonyl (C=O) groups excluding carboxylic acids is 2. The van der Waals surface area contributed by atoms with Gasteiger partial charge in [0.2, 0.25) is 0 Å². The van der Waals surface area contributed by atoms with Gasteiger partial charge in [-0.05, 0) is 93.1 Å². The fourth-order valence-electron chi connectivity index (χ4n) is 17.2. The van der Waals surface area contributed by atoms with E-state index in [2.05, 4.69) is 33.0 Å². The van der Waals surface area contributed by atoms with Crippen LogP contribution in [0.3, 0.4) is 0 Å². The topological polar surface area (TPSA) is 346 Å². The number of benzene rings is 1. The maximum Gasteiger partial charge on any atom is 0.340 e. The van der Waals surface area contributed by atoms with Crippen LogP contribution in [0, 0.1) is 50.2 Å². The number of para-hydroxylation sites is 1. The molecule has 22 nitrogen and oxygen atoms in total. The molecule has 28 atom stereocenters. The molecule has 0 aromatic heterocycles. The lowest BCUT2D eigenvalue weighted by Crippen LogP contribution is -2.74. The van der Waals surface area contributed by atoms with Gasteiger partial charge in [-0.25, -0.2) is 4.79 Å². The van der Waals surface area contributed by atoms with Crippen molar-refractivity contribution >= 4 is 17.9 Å². The molecule has 4 aliphatic heterocycles. The first kappa shape index (κ1) is 57.7. The summed E-state index contributed by atoms with van der Waals surface area (Å²) >= 11 is 0. The second-order valence-corrected chi connectivity index (χ2v) is 25.7. The SMILES string of the molecule is CNc1ccccc1C(=O)O[C@H]1C[C@@]2(C)[C@@H](C[C@@]1(C)C=O)[C@@]13O[C@@H]1C[C@@H]1[C@@]4(C)CC[C@H](O[C@@H]5OC[C@H](O[C@@H]6O[C@@H](CO)[C@@H](O)[C@H](O)[C@@H]6O)[C@H](O)[C@@H]5O[C@@H]5O[C@@H](CO)[C@@H](O)[C@H](O)[C@H]5O)[C@@](C)(CO)[C@@H]4CC[C@@]1(C)[C@]3(C)C[C@@H]2O. The molecule has 0 unspecified atom stereocenters. The van der Waals surface area contributed by atoms with Crippen molar-refractivity contribution in [3.63, 3.8) is 0 Å². The molecular formula is C55H83NO21. The number of hydrogen-bond donors (Lipinski definition) is 12. The first-order valence-corrected chi connectivity index (χ1v) is 27.6. The standard InChI is InChI=1S/C55H83NO21/c1-49(23-59)17-32-51(3,19-36(49)74-45(69)25-10-8-9-11-26(25)56-7)33(61)18-54(6)53(5)15-12-30-50(2,31(53)16-35-55(32,54)77-35)14-13-34(52(30,4)24-60)75-48-44(76-47-43(68)41(66)38(63)28(21-58)72-47)39(64)29(22-70-48)73-46-42(67)40(65)37(62)27(20-57)71-46/h8-11,23,27-44,46-48,56-58,60-68H,12-22,24H2,1-7H3/t27-,28-,29-,30+,31+,32+,33-,34-,35+,36-,37+,38+,39-,40-,41-,42-,43+,44-,46-,47-,48-,49-,50-,51-,52-,53+,54-,55+/m0/s1. The lowest BCUT2D eigenvalue weighted by Gasteiger charge is -2.73. The zero-order valence-electron chi connectivity index (χ0n) is 45.0. The molecule has 4 heterocycles. The minimum Gasteiger partial charge on any atom is -0.458 e. The summed E-state index contributed by atoms with van der Waals surface area (Å²) in [4.78, 5) is 27.2. The fraction of sp³-hybridized carbons (Fsp3) is 0.855. The molecule has 1 aromatic carbocycles. The third-order valence-corrected chi connectivity index (χ3v) is 22.1. The average molecular weight is 1090 g/mol. The Morgan fingerprint density at radius 2 is 1.34 bits per heavy atom. The summed E-state index contributed by atoms with van der Waals surface area (Å²) in [6.45, 7) is 10.5. The highest BCUT2D eigenvalue weighted by molar-refractivity contribution is 5.95. The maximum absolute atomic E-state index is 13.8. The number of anilines is 1. The normalized spacial score (nSPS) is 54.1. The summed E-state index contributed by atoms with van der Waals surface area (Å²) in [6, 6.07) is 7.04. The molecule has 1 spiro atoms. The predicted molar refractivity (Wildman–Crippen MR) is 266 cm³/mol. The van der Waals surface area contributed by atoms with Crippen molar-refractivity contribution in [1.82, 2.24) is 0 Å². The van der Waals surface area contributed by atoms with E-state index >= 15 is 0 Å². The van der Waals surface area contributed by atoms with E-state index in [1.54, 1.807) is 25.2 Å². The minimum absolute atomic E-state index is 0.0418. The van der Waals surface area contributed by atoms with Gasteiger partial charge in [-0.3, -0.25) is 0 Å². The van der Waals surface area contributed by atoms with E-state index in [0.717, 1.165) is 6.29 Å². The molecule has 0 amide bonds. The van der Waals surface area contributed by atoms with Gasteiger partial charge in [0.05, 0.1) is 55.7 Å². The van der Waals surface area contributed by atoms with Crippen LogP contribution >= 0.6 is 0 Å². The van der Waals surface area contributed by atoms with Crippen molar-refractivity contribution in [2.24, 2.45) is 50.2 Å². The number of fused-ring (bicyclic) bond motifs is 5. The van der Waals surface area contributed by atoms with Gasteiger partial charge in [0.25, 0.3) is 0 Å². The van der Waals surface area contributed by atoms with Gasteiger partial charge in [0.15, 0.2) is 18.9 Å². The average Bonchev–Trinajstić information content (AvgIpc) is 2.98. The van der Waals surface area contributed by atoms with Crippen LogP contribution in [0.25, 0.3) is 0 Å². The van der Waals surface area contributed by atoms with Crippen molar-refractivity contribution in [3.8, 4) is 0 Å². The first-order chi connectivity index (χ1) is 36.3. The number of epoxide rings is 1. The molecule has 0 bridgehead atoms. The summed E-state index contributed by atoms with van der Waals surface area (Å²) in [7, 11) is 1.72. The number of ether oxygens (including phenoxy) is 8. The number of aldehydes is 1. The summed E-state index contributed by atoms with van der Waals surface area (Å²) in [5.41, 5.74) is -3.87. The van der Waals surface area contributed by atoms with Gasteiger partial charge in [-0.1, -0.05) is 46.8 Å². The Hall–Kier alpha value is -2.56. The summed E-state index contributed by atoms with van der Waals surface area (Å²) in [5, 5.41) is 123. The monoisotopic (exact) mass is 1090 g/mol. The smallest absolute Gasteiger partial charge is 0.340 e. The van der Waals surface area contributed by atoms with E-state index in [1.807, 2.05) is 19.9 Å². The number of carbonyl (C=O) groups is 2. The molecular weight excluding hydrogens is 1010 g/mol. The van der Waals surface area contributed by atoms with Crippen molar-refractivity contribution in [2.75, 3.05) is 38.8 Å². The highest BCUT2D eigenvalue weighted by Crippen LogP contribution is 2.83. The van der Waals surface area contributed by atoms with Crippen molar-refractivity contribution in [1.29, 1.82) is 0 Å². The lowest BCUT2D eigenvalue weighted by atomic mass is 9.31. The van der Waals surface area contributed by atoms with Crippen LogP contribution in [0.2, 0.25) is 0 Å². The van der Waals surface area contributed by atoms with Crippen LogP contribution in [0.15, 0.2) is 24.3 Å². The third kappa shape index (κ3) is 8.54. The molecule has 0 radical (unpaired) electrons. The van der Waals surface area contributed by atoms with Gasteiger partial charge >= 0.3 is 5.97 Å². The zero-order valence-corrected chi connectivity index (χ0v) is 45.0. The molecule has 4 saturated heterocycles. The van der Waals surface area contributed by atoms with Crippen LogP contribution < -0.4 is 5.32 Å². The maximum atomic E-state index is 13.8. The van der Waals surface area contributed by atoms with Crippen molar-refractivity contribution < 1.29 is 104 Å². The van der Waals surface area contributed by atoms with Crippen LogP contribution in [0.4, 0.5) is 5.69 Å². The van der Waals surface area contributed by atoms with Gasteiger partial charge in [0, 0.05) is 34.9 Å². The van der Waals surface area contributed by atoms with E-state index in [-0.39, 0.29) is 36.9 Å². The van der Waals surface area contributed by atoms with Crippen LogP contribution in [0.1, 0.15) is 103 Å². The number of hydrogen-bond acceptors (Lipinski definition) is 22. The number of aliphatic hydroxyl groups excluding tert-OH is 11. The second kappa shape index (κ2) is 20.4. The van der Waals surface area contributed by atoms with Gasteiger partial charge in [0.1, 0.15) is 85.1 Å². The molecule has 5 aliphatic carbocycles. The van der Waals surface area contributed by atoms with Gasteiger partial charge in [-0.15, -0.1) is 0 Å². The number of nitrogens with one attached hydrogen (secondary N) is 1. The van der Waals surface area contributed by atoms with Gasteiger partial charge in [-0.2, -0.15) is 0 Å². The van der Waals surface area contributed by atoms with E-state index in [1.165, 1.54) is 0 Å². The fourth-order valence-corrected chi connectivity index (χ4v) is 17.2. The van der Waals surface area contributed by atoms with E-state index in [4.69, 9.17) is 37.9 Å². The lowest BCUT2D eigenvalue weighted by molar-refractivity contribution is -0.383. The van der Waals surface area contributed by atoms with Crippen LogP contribution in [0.5, 0.6) is 0 Å². The van der Waals surface area contributed by atoms with Gasteiger partial charge < -0.3 is 104 Å².